The highest BCUT2D eigenvalue weighted by Gasteiger charge is 2.05. The number of allylic oxidation sites excluding steroid dienone is 1. The molecule has 0 spiro atoms. The zero-order valence-electron chi connectivity index (χ0n) is 10.4. The van der Waals surface area contributed by atoms with Crippen molar-refractivity contribution in [3.63, 3.8) is 0 Å². The monoisotopic (exact) mass is 270 g/mol. The summed E-state index contributed by atoms with van der Waals surface area (Å²) in [5.74, 6) is -1.62. The Labute approximate surface area is 115 Å². The number of rotatable bonds is 4. The first-order chi connectivity index (χ1) is 9.56. The largest absolute Gasteiger partial charge is 0.478 e. The van der Waals surface area contributed by atoms with Gasteiger partial charge in [0.1, 0.15) is 5.82 Å². The van der Waals surface area contributed by atoms with E-state index in [0.29, 0.717) is 11.1 Å². The van der Waals surface area contributed by atoms with Crippen molar-refractivity contribution in [1.29, 1.82) is 0 Å². The van der Waals surface area contributed by atoms with Crippen LogP contribution >= 0.6 is 0 Å². The maximum absolute atomic E-state index is 12.7. The molecule has 0 fully saturated rings. The van der Waals surface area contributed by atoms with Crippen LogP contribution in [0.3, 0.4) is 0 Å². The van der Waals surface area contributed by atoms with Crippen molar-refractivity contribution in [3.05, 3.63) is 77.1 Å². The molecular formula is C16H11FO3. The van der Waals surface area contributed by atoms with E-state index in [1.807, 2.05) is 0 Å². The molecule has 0 saturated carbocycles. The van der Waals surface area contributed by atoms with Crippen molar-refractivity contribution >= 4 is 17.8 Å². The molecule has 0 aliphatic heterocycles. The van der Waals surface area contributed by atoms with Crippen LogP contribution in [0.2, 0.25) is 0 Å². The van der Waals surface area contributed by atoms with E-state index < -0.39 is 5.97 Å². The van der Waals surface area contributed by atoms with E-state index in [4.69, 9.17) is 5.11 Å². The summed E-state index contributed by atoms with van der Waals surface area (Å²) in [7, 11) is 0. The Hall–Kier alpha value is -2.75. The molecule has 0 bridgehead atoms. The van der Waals surface area contributed by atoms with Crippen molar-refractivity contribution in [2.24, 2.45) is 0 Å². The van der Waals surface area contributed by atoms with Crippen molar-refractivity contribution in [2.45, 2.75) is 0 Å². The minimum atomic E-state index is -1.04. The first-order valence-corrected chi connectivity index (χ1v) is 5.87. The van der Waals surface area contributed by atoms with Crippen LogP contribution in [0.5, 0.6) is 0 Å². The summed E-state index contributed by atoms with van der Waals surface area (Å²) >= 11 is 0. The third-order valence-corrected chi connectivity index (χ3v) is 2.71. The van der Waals surface area contributed by atoms with Gasteiger partial charge in [-0.05, 0) is 35.9 Å². The van der Waals surface area contributed by atoms with E-state index in [9.17, 15) is 14.0 Å². The lowest BCUT2D eigenvalue weighted by atomic mass is 10.1. The van der Waals surface area contributed by atoms with Gasteiger partial charge in [0.2, 0.25) is 0 Å². The SMILES string of the molecule is O=C(O)c1ccc(C(=O)/C=C/c2ccc(F)cc2)cc1. The van der Waals surface area contributed by atoms with Gasteiger partial charge in [0.15, 0.2) is 5.78 Å². The second-order valence-electron chi connectivity index (χ2n) is 4.13. The first kappa shape index (κ1) is 13.7. The topological polar surface area (TPSA) is 54.4 Å². The molecular weight excluding hydrogens is 259 g/mol. The highest BCUT2D eigenvalue weighted by molar-refractivity contribution is 6.07. The average Bonchev–Trinajstić information content (AvgIpc) is 2.46. The Morgan fingerprint density at radius 1 is 0.900 bits per heavy atom. The smallest absolute Gasteiger partial charge is 0.335 e. The molecule has 0 saturated heterocycles. The number of ketones is 1. The van der Waals surface area contributed by atoms with Crippen molar-refractivity contribution in [3.8, 4) is 0 Å². The van der Waals surface area contributed by atoms with Gasteiger partial charge in [-0.15, -0.1) is 0 Å². The summed E-state index contributed by atoms with van der Waals surface area (Å²) in [6.07, 6.45) is 2.94. The molecule has 0 aliphatic carbocycles. The molecule has 4 heteroatoms. The average molecular weight is 270 g/mol. The minimum Gasteiger partial charge on any atom is -0.478 e. The standard InChI is InChI=1S/C16H11FO3/c17-14-8-1-11(2-9-14)3-10-15(18)12-4-6-13(7-5-12)16(19)20/h1-10H,(H,19,20)/b10-3+. The van der Waals surface area contributed by atoms with Gasteiger partial charge in [-0.1, -0.05) is 30.3 Å². The van der Waals surface area contributed by atoms with E-state index in [-0.39, 0.29) is 17.2 Å². The van der Waals surface area contributed by atoms with Crippen LogP contribution < -0.4 is 0 Å². The number of carboxylic acids is 1. The number of hydrogen-bond donors (Lipinski definition) is 1. The van der Waals surface area contributed by atoms with Gasteiger partial charge in [0, 0.05) is 5.56 Å². The van der Waals surface area contributed by atoms with Crippen LogP contribution in [0.1, 0.15) is 26.3 Å². The molecule has 0 heterocycles. The van der Waals surface area contributed by atoms with Gasteiger partial charge < -0.3 is 5.11 Å². The summed E-state index contributed by atoms with van der Waals surface area (Å²) in [6, 6.07) is 11.4. The van der Waals surface area contributed by atoms with E-state index in [1.165, 1.54) is 42.5 Å². The Morgan fingerprint density at radius 3 is 2.00 bits per heavy atom. The molecule has 2 aromatic rings. The number of benzene rings is 2. The lowest BCUT2D eigenvalue weighted by Crippen LogP contribution is -1.98. The van der Waals surface area contributed by atoms with Gasteiger partial charge in [0.25, 0.3) is 0 Å². The Bertz CT molecular complexity index is 655. The van der Waals surface area contributed by atoms with Crippen LogP contribution in [-0.4, -0.2) is 16.9 Å². The fourth-order valence-corrected chi connectivity index (χ4v) is 1.62. The molecule has 100 valence electrons. The van der Waals surface area contributed by atoms with Crippen LogP contribution in [0, 0.1) is 5.82 Å². The third-order valence-electron chi connectivity index (χ3n) is 2.71. The quantitative estimate of drug-likeness (QED) is 0.684. The predicted octanol–water partition coefficient (Wildman–Crippen LogP) is 3.42. The van der Waals surface area contributed by atoms with Gasteiger partial charge in [-0.2, -0.15) is 0 Å². The lowest BCUT2D eigenvalue weighted by Gasteiger charge is -1.98. The summed E-state index contributed by atoms with van der Waals surface area (Å²) < 4.78 is 12.7. The highest BCUT2D eigenvalue weighted by Crippen LogP contribution is 2.09. The molecule has 1 N–H and O–H groups in total. The molecule has 0 aliphatic rings. The fraction of sp³-hybridized carbons (Fsp3) is 0. The van der Waals surface area contributed by atoms with E-state index >= 15 is 0 Å². The Kier molecular flexibility index (Phi) is 4.05. The summed E-state index contributed by atoms with van der Waals surface area (Å²) in [6.45, 7) is 0. The molecule has 0 aromatic heterocycles. The number of carbonyl (C=O) groups is 2. The number of hydrogen-bond acceptors (Lipinski definition) is 2. The van der Waals surface area contributed by atoms with Crippen LogP contribution in [0.4, 0.5) is 4.39 Å². The summed E-state index contributed by atoms with van der Waals surface area (Å²) in [5, 5.41) is 8.76. The second-order valence-corrected chi connectivity index (χ2v) is 4.13. The third kappa shape index (κ3) is 3.38. The fourth-order valence-electron chi connectivity index (χ4n) is 1.62. The molecule has 3 nitrogen and oxygen atoms in total. The lowest BCUT2D eigenvalue weighted by molar-refractivity contribution is 0.0696. The highest BCUT2D eigenvalue weighted by atomic mass is 19.1. The molecule has 0 radical (unpaired) electrons. The molecule has 0 atom stereocenters. The van der Waals surface area contributed by atoms with Gasteiger partial charge in [-0.25, -0.2) is 9.18 Å². The Morgan fingerprint density at radius 2 is 1.45 bits per heavy atom. The summed E-state index contributed by atoms with van der Waals surface area (Å²) in [5.41, 5.74) is 1.24. The zero-order chi connectivity index (χ0) is 14.5. The van der Waals surface area contributed by atoms with Crippen molar-refractivity contribution in [2.75, 3.05) is 0 Å². The van der Waals surface area contributed by atoms with E-state index in [2.05, 4.69) is 0 Å². The number of carboxylic acid groups (broad SMARTS) is 1. The van der Waals surface area contributed by atoms with Crippen LogP contribution in [0.15, 0.2) is 54.6 Å². The maximum Gasteiger partial charge on any atom is 0.335 e. The zero-order valence-corrected chi connectivity index (χ0v) is 10.4. The molecule has 20 heavy (non-hydrogen) atoms. The maximum atomic E-state index is 12.7. The van der Waals surface area contributed by atoms with Gasteiger partial charge in [0.05, 0.1) is 5.56 Å². The predicted molar refractivity (Wildman–Crippen MR) is 73.2 cm³/mol. The first-order valence-electron chi connectivity index (χ1n) is 5.87. The van der Waals surface area contributed by atoms with Crippen LogP contribution in [-0.2, 0) is 0 Å². The van der Waals surface area contributed by atoms with E-state index in [1.54, 1.807) is 18.2 Å². The van der Waals surface area contributed by atoms with Gasteiger partial charge >= 0.3 is 5.97 Å². The molecule has 2 aromatic carbocycles. The summed E-state index contributed by atoms with van der Waals surface area (Å²) in [4.78, 5) is 22.5. The number of carbonyl (C=O) groups excluding carboxylic acids is 1. The van der Waals surface area contributed by atoms with E-state index in [0.717, 1.165) is 0 Å². The number of aromatic carboxylic acids is 1. The van der Waals surface area contributed by atoms with Crippen molar-refractivity contribution in [1.82, 2.24) is 0 Å². The van der Waals surface area contributed by atoms with Crippen molar-refractivity contribution < 1.29 is 19.1 Å². The van der Waals surface area contributed by atoms with Crippen LogP contribution in [0.25, 0.3) is 6.08 Å². The Balaban J connectivity index is 2.11. The molecule has 0 amide bonds. The molecule has 0 unspecified atom stereocenters. The number of halogens is 1. The van der Waals surface area contributed by atoms with Gasteiger partial charge in [-0.3, -0.25) is 4.79 Å². The normalized spacial score (nSPS) is 10.7. The molecule has 2 rings (SSSR count). The minimum absolute atomic E-state index is 0.129. The second kappa shape index (κ2) is 5.93.